The maximum atomic E-state index is 9.14. The average Bonchev–Trinajstić information content (AvgIpc) is 2.21. The Balaban J connectivity index is 2.02. The summed E-state index contributed by atoms with van der Waals surface area (Å²) >= 11 is 0. The zero-order chi connectivity index (χ0) is 10.4. The summed E-state index contributed by atoms with van der Waals surface area (Å²) in [5.41, 5.74) is 0. The van der Waals surface area contributed by atoms with E-state index in [1.54, 1.807) is 0 Å². The fraction of sp³-hybridized carbons (Fsp3) is 1.00. The summed E-state index contributed by atoms with van der Waals surface area (Å²) in [4.78, 5) is 0. The average molecular weight is 202 g/mol. The minimum Gasteiger partial charge on any atom is -0.394 e. The van der Waals surface area contributed by atoms with Crippen molar-refractivity contribution >= 4 is 0 Å². The Bertz CT molecular complexity index is 141. The minimum atomic E-state index is -0.544. The van der Waals surface area contributed by atoms with Gasteiger partial charge in [-0.25, -0.2) is 0 Å². The van der Waals surface area contributed by atoms with E-state index in [1.807, 2.05) is 0 Å². The summed E-state index contributed by atoms with van der Waals surface area (Å²) in [7, 11) is 0. The van der Waals surface area contributed by atoms with Gasteiger partial charge in [0.1, 0.15) is 0 Å². The molecule has 0 radical (unpaired) electrons. The zero-order valence-corrected chi connectivity index (χ0v) is 8.98. The molecule has 0 aliphatic carbocycles. The number of rotatable bonds is 5. The first-order valence-corrected chi connectivity index (χ1v) is 5.63. The van der Waals surface area contributed by atoms with Crippen molar-refractivity contribution in [3.05, 3.63) is 0 Å². The van der Waals surface area contributed by atoms with Gasteiger partial charge in [-0.3, -0.25) is 0 Å². The van der Waals surface area contributed by atoms with Crippen LogP contribution < -0.4 is 0 Å². The highest BCUT2D eigenvalue weighted by Crippen LogP contribution is 2.21. The maximum Gasteiger partial charge on any atom is 0.0771 e. The topological polar surface area (TPSA) is 49.7 Å². The quantitative estimate of drug-likeness (QED) is 0.707. The second-order valence-corrected chi connectivity index (χ2v) is 4.41. The van der Waals surface area contributed by atoms with E-state index in [1.165, 1.54) is 6.42 Å². The lowest BCUT2D eigenvalue weighted by atomic mass is 9.97. The third-order valence-electron chi connectivity index (χ3n) is 2.87. The number of ether oxygens (including phenoxy) is 1. The van der Waals surface area contributed by atoms with E-state index < -0.39 is 6.10 Å². The van der Waals surface area contributed by atoms with Crippen LogP contribution in [0.5, 0.6) is 0 Å². The molecular formula is C11H22O3. The second-order valence-electron chi connectivity index (χ2n) is 4.41. The lowest BCUT2D eigenvalue weighted by Crippen LogP contribution is -2.24. The Morgan fingerprint density at radius 3 is 2.79 bits per heavy atom. The molecule has 0 aromatic heterocycles. The summed E-state index contributed by atoms with van der Waals surface area (Å²) in [6.07, 6.45) is 4.90. The van der Waals surface area contributed by atoms with Crippen LogP contribution in [0.15, 0.2) is 0 Å². The van der Waals surface area contributed by atoms with E-state index in [2.05, 4.69) is 6.92 Å². The summed E-state index contributed by atoms with van der Waals surface area (Å²) < 4.78 is 5.66. The molecule has 1 fully saturated rings. The van der Waals surface area contributed by atoms with E-state index in [0.29, 0.717) is 18.4 Å². The van der Waals surface area contributed by atoms with Crippen LogP contribution in [0.25, 0.3) is 0 Å². The van der Waals surface area contributed by atoms with Gasteiger partial charge in [-0.2, -0.15) is 0 Å². The van der Waals surface area contributed by atoms with E-state index in [4.69, 9.17) is 14.9 Å². The van der Waals surface area contributed by atoms with Gasteiger partial charge in [-0.1, -0.05) is 6.92 Å². The number of aliphatic hydroxyl groups is 2. The van der Waals surface area contributed by atoms with Crippen LogP contribution in [-0.2, 0) is 4.74 Å². The predicted octanol–water partition coefficient (Wildman–Crippen LogP) is 1.32. The molecule has 1 heterocycles. The third-order valence-corrected chi connectivity index (χ3v) is 2.87. The Morgan fingerprint density at radius 2 is 2.21 bits per heavy atom. The molecule has 14 heavy (non-hydrogen) atoms. The summed E-state index contributed by atoms with van der Waals surface area (Å²) in [5.74, 6) is 0.703. The molecule has 0 amide bonds. The van der Waals surface area contributed by atoms with E-state index in [0.717, 1.165) is 25.9 Å². The van der Waals surface area contributed by atoms with Crippen molar-refractivity contribution in [3.8, 4) is 0 Å². The highest BCUT2D eigenvalue weighted by Gasteiger charge is 2.18. The highest BCUT2D eigenvalue weighted by atomic mass is 16.5. The Kier molecular flexibility index (Phi) is 5.45. The van der Waals surface area contributed by atoms with Gasteiger partial charge in [0.2, 0.25) is 0 Å². The standard InChI is InChI=1S/C11H22O3/c1-9-5-6-11(14-8-9)4-2-3-10(13)7-12/h9-13H,2-8H2,1H3/t9-,10+,11-/m1/s1. The van der Waals surface area contributed by atoms with Crippen LogP contribution in [0.4, 0.5) is 0 Å². The highest BCUT2D eigenvalue weighted by molar-refractivity contribution is 4.68. The lowest BCUT2D eigenvalue weighted by molar-refractivity contribution is -0.0184. The normalized spacial score (nSPS) is 30.2. The molecule has 1 rings (SSSR count). The van der Waals surface area contributed by atoms with Crippen molar-refractivity contribution in [2.45, 2.75) is 51.2 Å². The summed E-state index contributed by atoms with van der Waals surface area (Å²) in [5, 5.41) is 17.8. The SMILES string of the molecule is C[C@@H]1CC[C@@H](CCC[C@H](O)CO)OC1. The fourth-order valence-electron chi connectivity index (χ4n) is 1.84. The van der Waals surface area contributed by atoms with Crippen LogP contribution in [0.2, 0.25) is 0 Å². The van der Waals surface area contributed by atoms with Crippen molar-refractivity contribution in [2.75, 3.05) is 13.2 Å². The van der Waals surface area contributed by atoms with Crippen molar-refractivity contribution in [1.82, 2.24) is 0 Å². The molecule has 0 unspecified atom stereocenters. The molecule has 3 heteroatoms. The Morgan fingerprint density at radius 1 is 1.43 bits per heavy atom. The van der Waals surface area contributed by atoms with Crippen LogP contribution in [0.3, 0.4) is 0 Å². The Hall–Kier alpha value is -0.120. The molecule has 0 bridgehead atoms. The van der Waals surface area contributed by atoms with Crippen LogP contribution >= 0.6 is 0 Å². The number of hydrogen-bond acceptors (Lipinski definition) is 3. The van der Waals surface area contributed by atoms with Crippen LogP contribution in [0.1, 0.15) is 39.0 Å². The number of hydrogen-bond donors (Lipinski definition) is 2. The van der Waals surface area contributed by atoms with E-state index in [9.17, 15) is 0 Å². The smallest absolute Gasteiger partial charge is 0.0771 e. The molecule has 0 spiro atoms. The number of aliphatic hydroxyl groups excluding tert-OH is 2. The largest absolute Gasteiger partial charge is 0.394 e. The molecule has 2 N–H and O–H groups in total. The Labute approximate surface area is 86.1 Å². The van der Waals surface area contributed by atoms with Gasteiger partial charge in [0.15, 0.2) is 0 Å². The second kappa shape index (κ2) is 6.38. The molecule has 1 aliphatic rings. The van der Waals surface area contributed by atoms with Crippen LogP contribution in [0, 0.1) is 5.92 Å². The first kappa shape index (κ1) is 12.0. The van der Waals surface area contributed by atoms with Crippen molar-refractivity contribution in [1.29, 1.82) is 0 Å². The monoisotopic (exact) mass is 202 g/mol. The first-order valence-electron chi connectivity index (χ1n) is 5.63. The van der Waals surface area contributed by atoms with Crippen molar-refractivity contribution in [2.24, 2.45) is 5.92 Å². The predicted molar refractivity (Wildman–Crippen MR) is 55.1 cm³/mol. The summed E-state index contributed by atoms with van der Waals surface area (Å²) in [6.45, 7) is 2.97. The van der Waals surface area contributed by atoms with Crippen molar-refractivity contribution in [3.63, 3.8) is 0 Å². The molecule has 3 nitrogen and oxygen atoms in total. The lowest BCUT2D eigenvalue weighted by Gasteiger charge is -2.27. The maximum absolute atomic E-state index is 9.14. The fourth-order valence-corrected chi connectivity index (χ4v) is 1.84. The van der Waals surface area contributed by atoms with Gasteiger partial charge in [0, 0.05) is 6.61 Å². The van der Waals surface area contributed by atoms with Gasteiger partial charge in [0.05, 0.1) is 18.8 Å². The van der Waals surface area contributed by atoms with Crippen molar-refractivity contribution < 1.29 is 14.9 Å². The zero-order valence-electron chi connectivity index (χ0n) is 8.98. The first-order chi connectivity index (χ1) is 6.72. The molecule has 0 aromatic rings. The molecule has 1 saturated heterocycles. The van der Waals surface area contributed by atoms with E-state index in [-0.39, 0.29) is 6.61 Å². The van der Waals surface area contributed by atoms with Crippen LogP contribution in [-0.4, -0.2) is 35.6 Å². The van der Waals surface area contributed by atoms with Gasteiger partial charge in [-0.15, -0.1) is 0 Å². The molecule has 3 atom stereocenters. The summed E-state index contributed by atoms with van der Waals surface area (Å²) in [6, 6.07) is 0. The minimum absolute atomic E-state index is 0.122. The third kappa shape index (κ3) is 4.40. The van der Waals surface area contributed by atoms with Gasteiger partial charge >= 0.3 is 0 Å². The molecule has 0 saturated carbocycles. The molecule has 1 aliphatic heterocycles. The molecule has 84 valence electrons. The van der Waals surface area contributed by atoms with Gasteiger partial charge in [0.25, 0.3) is 0 Å². The van der Waals surface area contributed by atoms with E-state index >= 15 is 0 Å². The van der Waals surface area contributed by atoms with Gasteiger partial charge in [-0.05, 0) is 38.0 Å². The van der Waals surface area contributed by atoms with Gasteiger partial charge < -0.3 is 14.9 Å². The molecule has 0 aromatic carbocycles. The molecular weight excluding hydrogens is 180 g/mol.